The fourth-order valence-corrected chi connectivity index (χ4v) is 3.14. The topological polar surface area (TPSA) is 123 Å². The number of carbonyl (C=O) groups is 1. The molecule has 2 aromatic rings. The number of hydrazine groups is 1. The van der Waals surface area contributed by atoms with E-state index in [1.807, 2.05) is 13.8 Å². The van der Waals surface area contributed by atoms with E-state index in [2.05, 4.69) is 16.2 Å². The number of amides is 1. The average molecular weight is 457 g/mol. The minimum atomic E-state index is -3.77. The highest BCUT2D eigenvalue weighted by atomic mass is 35.5. The molecule has 5 N–H and O–H groups in total. The number of hydrogen-bond donors (Lipinski definition) is 4. The Morgan fingerprint density at radius 3 is 2.21 bits per heavy atom. The monoisotopic (exact) mass is 456 g/mol. The number of rotatable bonds is 5. The molecule has 11 heteroatoms. The maximum atomic E-state index is 12.2. The van der Waals surface area contributed by atoms with Gasteiger partial charge in [0.2, 0.25) is 10.0 Å². The SMILES string of the molecule is Cc1cc(O[C@@H](C)C(=O)NNC(=S)Nc2ccc(S(N)(=O)=O)cc2)cc(C)c1Cl. The van der Waals surface area contributed by atoms with Crippen LogP contribution in [0.4, 0.5) is 5.69 Å². The number of carbonyl (C=O) groups excluding carboxylic acids is 1. The second-order valence-electron chi connectivity index (χ2n) is 6.27. The van der Waals surface area contributed by atoms with Gasteiger partial charge in [0.25, 0.3) is 5.91 Å². The first-order valence-corrected chi connectivity index (χ1v) is 10.7. The van der Waals surface area contributed by atoms with Crippen LogP contribution in [0.25, 0.3) is 0 Å². The Kier molecular flexibility index (Phi) is 7.42. The highest BCUT2D eigenvalue weighted by molar-refractivity contribution is 7.89. The number of benzene rings is 2. The van der Waals surface area contributed by atoms with Crippen molar-refractivity contribution in [2.45, 2.75) is 31.8 Å². The second-order valence-corrected chi connectivity index (χ2v) is 8.62. The van der Waals surface area contributed by atoms with Crippen molar-refractivity contribution >= 4 is 50.5 Å². The molecule has 156 valence electrons. The van der Waals surface area contributed by atoms with Crippen LogP contribution in [0.2, 0.25) is 5.02 Å². The summed E-state index contributed by atoms with van der Waals surface area (Å²) in [5.41, 5.74) is 7.21. The number of ether oxygens (including phenoxy) is 1. The van der Waals surface area contributed by atoms with Crippen molar-refractivity contribution in [2.24, 2.45) is 5.14 Å². The summed E-state index contributed by atoms with van der Waals surface area (Å²) in [6.45, 7) is 5.31. The molecule has 0 saturated carbocycles. The highest BCUT2D eigenvalue weighted by Gasteiger charge is 2.16. The fraction of sp³-hybridized carbons (Fsp3) is 0.222. The summed E-state index contributed by atoms with van der Waals surface area (Å²) >= 11 is 11.2. The number of halogens is 1. The van der Waals surface area contributed by atoms with Gasteiger partial charge < -0.3 is 10.1 Å². The van der Waals surface area contributed by atoms with E-state index in [1.54, 1.807) is 19.1 Å². The van der Waals surface area contributed by atoms with Crippen LogP contribution in [0.15, 0.2) is 41.3 Å². The largest absolute Gasteiger partial charge is 0.481 e. The highest BCUT2D eigenvalue weighted by Crippen LogP contribution is 2.26. The van der Waals surface area contributed by atoms with Gasteiger partial charge in [-0.15, -0.1) is 0 Å². The standard InChI is InChI=1S/C18H21ClN4O4S2/c1-10-8-14(9-11(2)16(10)19)27-12(3)17(24)22-23-18(28)21-13-4-6-15(7-5-13)29(20,25)26/h4-9,12H,1-3H3,(H,22,24)(H2,20,25,26)(H2,21,23,28)/t12-/m0/s1. The minimum Gasteiger partial charge on any atom is -0.481 e. The van der Waals surface area contributed by atoms with Crippen molar-refractivity contribution < 1.29 is 17.9 Å². The molecule has 8 nitrogen and oxygen atoms in total. The molecule has 0 aliphatic rings. The van der Waals surface area contributed by atoms with E-state index in [0.29, 0.717) is 16.5 Å². The third kappa shape index (κ3) is 6.57. The molecule has 0 aromatic heterocycles. The molecule has 2 aromatic carbocycles. The molecular weight excluding hydrogens is 436 g/mol. The minimum absolute atomic E-state index is 0.0196. The first kappa shape index (κ1) is 22.9. The van der Waals surface area contributed by atoms with E-state index in [-0.39, 0.29) is 10.0 Å². The van der Waals surface area contributed by atoms with Crippen molar-refractivity contribution in [3.63, 3.8) is 0 Å². The summed E-state index contributed by atoms with van der Waals surface area (Å²) in [4.78, 5) is 12.2. The van der Waals surface area contributed by atoms with Crippen LogP contribution >= 0.6 is 23.8 Å². The van der Waals surface area contributed by atoms with Crippen molar-refractivity contribution in [3.05, 3.63) is 52.5 Å². The Hall–Kier alpha value is -2.40. The first-order chi connectivity index (χ1) is 13.5. The molecular formula is C18H21ClN4O4S2. The van der Waals surface area contributed by atoms with Gasteiger partial charge in [0.15, 0.2) is 11.2 Å². The lowest BCUT2D eigenvalue weighted by atomic mass is 10.1. The van der Waals surface area contributed by atoms with Gasteiger partial charge in [0.1, 0.15) is 5.75 Å². The van der Waals surface area contributed by atoms with Gasteiger partial charge in [0, 0.05) is 10.7 Å². The molecule has 0 spiro atoms. The lowest BCUT2D eigenvalue weighted by Gasteiger charge is -2.17. The Balaban J connectivity index is 1.87. The number of anilines is 1. The van der Waals surface area contributed by atoms with Crippen LogP contribution in [-0.4, -0.2) is 25.5 Å². The first-order valence-electron chi connectivity index (χ1n) is 8.40. The maximum Gasteiger partial charge on any atom is 0.279 e. The van der Waals surface area contributed by atoms with Crippen LogP contribution in [0.1, 0.15) is 18.1 Å². The van der Waals surface area contributed by atoms with Gasteiger partial charge in [-0.25, -0.2) is 13.6 Å². The molecule has 0 aliphatic carbocycles. The van der Waals surface area contributed by atoms with Crippen LogP contribution in [0, 0.1) is 13.8 Å². The number of aryl methyl sites for hydroxylation is 2. The Morgan fingerprint density at radius 1 is 1.14 bits per heavy atom. The Labute approximate surface area is 179 Å². The molecule has 0 bridgehead atoms. The summed E-state index contributed by atoms with van der Waals surface area (Å²) in [6.07, 6.45) is -0.792. The molecule has 0 radical (unpaired) electrons. The molecule has 0 fully saturated rings. The van der Waals surface area contributed by atoms with Crippen LogP contribution < -0.4 is 26.0 Å². The van der Waals surface area contributed by atoms with Gasteiger partial charge in [-0.05, 0) is 80.5 Å². The zero-order valence-corrected chi connectivity index (χ0v) is 18.3. The summed E-state index contributed by atoms with van der Waals surface area (Å²) in [6, 6.07) is 9.17. The Morgan fingerprint density at radius 2 is 1.69 bits per heavy atom. The van der Waals surface area contributed by atoms with E-state index in [4.69, 9.17) is 33.7 Å². The normalized spacial score (nSPS) is 12.0. The van der Waals surface area contributed by atoms with Gasteiger partial charge in [-0.2, -0.15) is 0 Å². The molecule has 0 heterocycles. The number of sulfonamides is 1. The van der Waals surface area contributed by atoms with Crippen molar-refractivity contribution in [3.8, 4) is 5.75 Å². The molecule has 1 amide bonds. The number of primary sulfonamides is 1. The van der Waals surface area contributed by atoms with Crippen molar-refractivity contribution in [1.29, 1.82) is 0 Å². The van der Waals surface area contributed by atoms with Crippen molar-refractivity contribution in [1.82, 2.24) is 10.9 Å². The summed E-state index contributed by atoms with van der Waals surface area (Å²) < 4.78 is 28.1. The lowest BCUT2D eigenvalue weighted by Crippen LogP contribution is -2.48. The fourth-order valence-electron chi connectivity index (χ4n) is 2.34. The third-order valence-corrected chi connectivity index (χ3v) is 5.56. The predicted octanol–water partition coefficient (Wildman–Crippen LogP) is 2.39. The van der Waals surface area contributed by atoms with Crippen LogP contribution in [0.3, 0.4) is 0 Å². The average Bonchev–Trinajstić information content (AvgIpc) is 2.63. The molecule has 0 aliphatic heterocycles. The molecule has 29 heavy (non-hydrogen) atoms. The number of nitrogens with two attached hydrogens (primary N) is 1. The van der Waals surface area contributed by atoms with Crippen molar-refractivity contribution in [2.75, 3.05) is 5.32 Å². The molecule has 0 unspecified atom stereocenters. The van der Waals surface area contributed by atoms with E-state index in [9.17, 15) is 13.2 Å². The van der Waals surface area contributed by atoms with Gasteiger partial charge in [-0.1, -0.05) is 11.6 Å². The van der Waals surface area contributed by atoms with Gasteiger partial charge >= 0.3 is 0 Å². The number of thiocarbonyl (C=S) groups is 1. The van der Waals surface area contributed by atoms with E-state index < -0.39 is 22.0 Å². The Bertz CT molecular complexity index is 1000. The van der Waals surface area contributed by atoms with Gasteiger partial charge in [0.05, 0.1) is 4.90 Å². The van der Waals surface area contributed by atoms with E-state index in [1.165, 1.54) is 24.3 Å². The molecule has 0 saturated heterocycles. The van der Waals surface area contributed by atoms with E-state index in [0.717, 1.165) is 11.1 Å². The summed E-state index contributed by atoms with van der Waals surface area (Å²) in [7, 11) is -3.77. The molecule has 2 rings (SSSR count). The third-order valence-electron chi connectivity index (χ3n) is 3.83. The van der Waals surface area contributed by atoms with Gasteiger partial charge in [-0.3, -0.25) is 15.6 Å². The van der Waals surface area contributed by atoms with Crippen LogP contribution in [-0.2, 0) is 14.8 Å². The lowest BCUT2D eigenvalue weighted by molar-refractivity contribution is -0.127. The predicted molar refractivity (Wildman–Crippen MR) is 116 cm³/mol. The quantitative estimate of drug-likeness (QED) is 0.402. The van der Waals surface area contributed by atoms with E-state index >= 15 is 0 Å². The summed E-state index contributed by atoms with van der Waals surface area (Å²) in [5, 5.41) is 8.61. The smallest absolute Gasteiger partial charge is 0.279 e. The number of hydrogen-bond acceptors (Lipinski definition) is 5. The zero-order valence-electron chi connectivity index (χ0n) is 15.9. The van der Waals surface area contributed by atoms with Crippen LogP contribution in [0.5, 0.6) is 5.75 Å². The number of nitrogens with one attached hydrogen (secondary N) is 3. The zero-order chi connectivity index (χ0) is 21.8. The molecule has 1 atom stereocenters. The maximum absolute atomic E-state index is 12.2. The second kappa shape index (κ2) is 9.40. The summed E-state index contributed by atoms with van der Waals surface area (Å²) in [5.74, 6) is 0.0895.